The summed E-state index contributed by atoms with van der Waals surface area (Å²) < 4.78 is 11.0. The molecule has 4 nitrogen and oxygen atoms in total. The Morgan fingerprint density at radius 3 is 2.25 bits per heavy atom. The zero-order valence-corrected chi connectivity index (χ0v) is 13.7. The van der Waals surface area contributed by atoms with Crippen molar-refractivity contribution in [3.63, 3.8) is 0 Å². The number of rotatable bonds is 4. The minimum Gasteiger partial charge on any atom is -0.465 e. The molecule has 24 heavy (non-hydrogen) atoms. The molecule has 0 amide bonds. The van der Waals surface area contributed by atoms with E-state index in [-0.39, 0.29) is 11.2 Å². The second-order valence-electron chi connectivity index (χ2n) is 5.45. The van der Waals surface area contributed by atoms with Crippen LogP contribution in [-0.2, 0) is 9.53 Å². The van der Waals surface area contributed by atoms with Gasteiger partial charge < -0.3 is 9.15 Å². The van der Waals surface area contributed by atoms with Crippen molar-refractivity contribution >= 4 is 17.7 Å². The first-order valence-corrected chi connectivity index (χ1v) is 8.64. The van der Waals surface area contributed by atoms with Crippen LogP contribution in [0, 0.1) is 0 Å². The van der Waals surface area contributed by atoms with Gasteiger partial charge in [-0.2, -0.15) is 0 Å². The molecule has 0 saturated carbocycles. The Hall–Kier alpha value is -2.53. The Bertz CT molecular complexity index is 789. The number of hydrogen-bond donors (Lipinski definition) is 0. The van der Waals surface area contributed by atoms with Gasteiger partial charge >= 0.3 is 5.97 Å². The number of carbonyl (C=O) groups is 1. The summed E-state index contributed by atoms with van der Waals surface area (Å²) in [5.41, 5.74) is 2.74. The van der Waals surface area contributed by atoms with Crippen LogP contribution < -0.4 is 0 Å². The van der Waals surface area contributed by atoms with Crippen LogP contribution in [0.3, 0.4) is 0 Å². The van der Waals surface area contributed by atoms with Gasteiger partial charge in [0.1, 0.15) is 10.9 Å². The molecule has 0 aliphatic carbocycles. The molecule has 2 heterocycles. The second-order valence-corrected chi connectivity index (χ2v) is 6.61. The van der Waals surface area contributed by atoms with E-state index >= 15 is 0 Å². The molecule has 0 radical (unpaired) electrons. The molecule has 0 spiro atoms. The lowest BCUT2D eigenvalue weighted by molar-refractivity contribution is -0.137. The van der Waals surface area contributed by atoms with Crippen LogP contribution in [0.5, 0.6) is 0 Å². The van der Waals surface area contributed by atoms with E-state index < -0.39 is 0 Å². The standard InChI is InChI=1S/C19H15NO3S/c21-18-15(11-12-22-18)24-19-20-16(13-7-3-1-4-8-13)17(23-19)14-9-5-2-6-10-14/h1-10,15H,11-12H2/t15-/m0/s1. The molecule has 2 aromatic carbocycles. The smallest absolute Gasteiger partial charge is 0.319 e. The molecule has 4 rings (SSSR count). The van der Waals surface area contributed by atoms with Gasteiger partial charge in [-0.1, -0.05) is 72.4 Å². The zero-order chi connectivity index (χ0) is 16.4. The van der Waals surface area contributed by atoms with E-state index in [1.807, 2.05) is 60.7 Å². The largest absolute Gasteiger partial charge is 0.465 e. The maximum absolute atomic E-state index is 11.7. The van der Waals surface area contributed by atoms with Gasteiger partial charge in [-0.15, -0.1) is 0 Å². The van der Waals surface area contributed by atoms with Crippen LogP contribution in [0.1, 0.15) is 6.42 Å². The lowest BCUT2D eigenvalue weighted by Crippen LogP contribution is -2.09. The number of benzene rings is 2. The maximum Gasteiger partial charge on any atom is 0.319 e. The summed E-state index contributed by atoms with van der Waals surface area (Å²) in [4.78, 5) is 16.3. The average Bonchev–Trinajstić information content (AvgIpc) is 3.24. The molecular formula is C19H15NO3S. The van der Waals surface area contributed by atoms with E-state index in [1.165, 1.54) is 11.8 Å². The van der Waals surface area contributed by atoms with E-state index in [2.05, 4.69) is 4.98 Å². The van der Waals surface area contributed by atoms with Crippen molar-refractivity contribution in [2.24, 2.45) is 0 Å². The third-order valence-electron chi connectivity index (χ3n) is 3.82. The summed E-state index contributed by atoms with van der Waals surface area (Å²) in [6.07, 6.45) is 0.688. The minimum absolute atomic E-state index is 0.194. The predicted molar refractivity (Wildman–Crippen MR) is 92.6 cm³/mol. The van der Waals surface area contributed by atoms with E-state index in [0.29, 0.717) is 18.3 Å². The van der Waals surface area contributed by atoms with Gasteiger partial charge in [0.15, 0.2) is 5.76 Å². The lowest BCUT2D eigenvalue weighted by Gasteiger charge is -2.01. The summed E-state index contributed by atoms with van der Waals surface area (Å²) in [6.45, 7) is 0.467. The molecule has 1 saturated heterocycles. The lowest BCUT2D eigenvalue weighted by atomic mass is 10.1. The molecule has 1 atom stereocenters. The van der Waals surface area contributed by atoms with Crippen molar-refractivity contribution < 1.29 is 13.9 Å². The summed E-state index contributed by atoms with van der Waals surface area (Å²) in [6, 6.07) is 19.8. The maximum atomic E-state index is 11.7. The second kappa shape index (κ2) is 6.53. The van der Waals surface area contributed by atoms with Crippen molar-refractivity contribution in [3.8, 4) is 22.6 Å². The molecule has 0 bridgehead atoms. The van der Waals surface area contributed by atoms with Crippen LogP contribution in [0.4, 0.5) is 0 Å². The molecule has 1 aliphatic heterocycles. The topological polar surface area (TPSA) is 52.3 Å². The van der Waals surface area contributed by atoms with E-state index in [4.69, 9.17) is 9.15 Å². The van der Waals surface area contributed by atoms with Crippen LogP contribution in [-0.4, -0.2) is 22.8 Å². The Balaban J connectivity index is 1.75. The molecule has 1 aliphatic rings. The van der Waals surface area contributed by atoms with Gasteiger partial charge in [0, 0.05) is 17.5 Å². The minimum atomic E-state index is -0.240. The molecule has 5 heteroatoms. The van der Waals surface area contributed by atoms with Crippen LogP contribution >= 0.6 is 11.8 Å². The zero-order valence-electron chi connectivity index (χ0n) is 12.8. The SMILES string of the molecule is O=C1OCC[C@@H]1Sc1nc(-c2ccccc2)c(-c2ccccc2)o1. The quantitative estimate of drug-likeness (QED) is 0.660. The van der Waals surface area contributed by atoms with E-state index in [1.54, 1.807) is 0 Å². The molecule has 3 aromatic rings. The number of thioether (sulfide) groups is 1. The summed E-state index contributed by atoms with van der Waals surface area (Å²) >= 11 is 1.33. The third-order valence-corrected chi connectivity index (χ3v) is 4.91. The Morgan fingerprint density at radius 1 is 0.958 bits per heavy atom. The molecule has 1 fully saturated rings. The highest BCUT2D eigenvalue weighted by molar-refractivity contribution is 8.00. The van der Waals surface area contributed by atoms with Crippen molar-refractivity contribution in [1.82, 2.24) is 4.98 Å². The van der Waals surface area contributed by atoms with Gasteiger partial charge in [-0.3, -0.25) is 4.79 Å². The van der Waals surface area contributed by atoms with Gasteiger partial charge in [-0.05, 0) is 0 Å². The number of nitrogens with zero attached hydrogens (tertiary/aromatic N) is 1. The predicted octanol–water partition coefficient (Wildman–Crippen LogP) is 4.42. The number of oxazole rings is 1. The number of aromatic nitrogens is 1. The van der Waals surface area contributed by atoms with E-state index in [9.17, 15) is 4.79 Å². The van der Waals surface area contributed by atoms with Crippen LogP contribution in [0.15, 0.2) is 70.3 Å². The fourth-order valence-electron chi connectivity index (χ4n) is 2.63. The normalized spacial score (nSPS) is 17.0. The summed E-state index contributed by atoms with van der Waals surface area (Å²) in [5, 5.41) is 0.257. The molecule has 0 N–H and O–H groups in total. The number of esters is 1. The molecule has 1 aromatic heterocycles. The highest BCUT2D eigenvalue weighted by Gasteiger charge is 2.30. The number of hydrogen-bond acceptors (Lipinski definition) is 5. The Kier molecular flexibility index (Phi) is 4.09. The van der Waals surface area contributed by atoms with Gasteiger partial charge in [0.2, 0.25) is 0 Å². The average molecular weight is 337 g/mol. The van der Waals surface area contributed by atoms with Gasteiger partial charge in [0.05, 0.1) is 6.61 Å². The van der Waals surface area contributed by atoms with Crippen LogP contribution in [0.25, 0.3) is 22.6 Å². The van der Waals surface area contributed by atoms with Crippen molar-refractivity contribution in [2.45, 2.75) is 16.9 Å². The monoisotopic (exact) mass is 337 g/mol. The van der Waals surface area contributed by atoms with Crippen molar-refractivity contribution in [1.29, 1.82) is 0 Å². The molecule has 120 valence electrons. The highest BCUT2D eigenvalue weighted by Crippen LogP contribution is 2.38. The van der Waals surface area contributed by atoms with Gasteiger partial charge in [-0.25, -0.2) is 4.98 Å². The van der Waals surface area contributed by atoms with Crippen molar-refractivity contribution in [3.05, 3.63) is 60.7 Å². The number of cyclic esters (lactones) is 1. The van der Waals surface area contributed by atoms with Gasteiger partial charge in [0.25, 0.3) is 5.22 Å². The van der Waals surface area contributed by atoms with E-state index in [0.717, 1.165) is 22.6 Å². The summed E-state index contributed by atoms with van der Waals surface area (Å²) in [7, 11) is 0. The first-order chi connectivity index (χ1) is 11.8. The summed E-state index contributed by atoms with van der Waals surface area (Å²) in [5.74, 6) is 0.524. The highest BCUT2D eigenvalue weighted by atomic mass is 32.2. The molecule has 0 unspecified atom stereocenters. The molecular weight excluding hydrogens is 322 g/mol. The Morgan fingerprint density at radius 2 is 1.62 bits per heavy atom. The first-order valence-electron chi connectivity index (χ1n) is 7.76. The Labute approximate surface area is 143 Å². The van der Waals surface area contributed by atoms with Crippen LogP contribution in [0.2, 0.25) is 0 Å². The van der Waals surface area contributed by atoms with Crippen molar-refractivity contribution in [2.75, 3.05) is 6.61 Å². The number of ether oxygens (including phenoxy) is 1. The number of carbonyl (C=O) groups excluding carboxylic acids is 1. The third kappa shape index (κ3) is 2.95. The first kappa shape index (κ1) is 15.0. The fraction of sp³-hybridized carbons (Fsp3) is 0.158. The fourth-order valence-corrected chi connectivity index (χ4v) is 3.53.